The van der Waals surface area contributed by atoms with Gasteiger partial charge in [-0.25, -0.2) is 0 Å². The van der Waals surface area contributed by atoms with E-state index in [2.05, 4.69) is 18.8 Å². The van der Waals surface area contributed by atoms with E-state index in [1.54, 1.807) is 0 Å². The second-order valence-corrected chi connectivity index (χ2v) is 5.33. The SMILES string of the molecule is CC1(C)Cc2sc(=O)nc(N)c2C1. The van der Waals surface area contributed by atoms with Gasteiger partial charge in [0.2, 0.25) is 0 Å². The highest BCUT2D eigenvalue weighted by molar-refractivity contribution is 7.09. The molecule has 0 bridgehead atoms. The summed E-state index contributed by atoms with van der Waals surface area (Å²) in [5.74, 6) is 0.435. The first-order valence-corrected chi connectivity index (χ1v) is 5.08. The zero-order valence-electron chi connectivity index (χ0n) is 7.76. The average molecular weight is 196 g/mol. The van der Waals surface area contributed by atoms with Gasteiger partial charge < -0.3 is 5.73 Å². The van der Waals surface area contributed by atoms with E-state index in [0.717, 1.165) is 23.3 Å². The maximum atomic E-state index is 11.1. The molecule has 0 unspecified atom stereocenters. The summed E-state index contributed by atoms with van der Waals surface area (Å²) < 4.78 is 0. The van der Waals surface area contributed by atoms with Crippen LogP contribution in [0.3, 0.4) is 0 Å². The molecule has 4 heteroatoms. The lowest BCUT2D eigenvalue weighted by Crippen LogP contribution is -2.10. The van der Waals surface area contributed by atoms with Gasteiger partial charge in [0.15, 0.2) is 0 Å². The van der Waals surface area contributed by atoms with Crippen LogP contribution in [0, 0.1) is 5.41 Å². The van der Waals surface area contributed by atoms with Crippen LogP contribution < -0.4 is 10.6 Å². The van der Waals surface area contributed by atoms with E-state index >= 15 is 0 Å². The van der Waals surface area contributed by atoms with E-state index in [9.17, 15) is 4.79 Å². The van der Waals surface area contributed by atoms with Crippen molar-refractivity contribution in [3.05, 3.63) is 20.1 Å². The lowest BCUT2D eigenvalue weighted by molar-refractivity contribution is 0.394. The summed E-state index contributed by atoms with van der Waals surface area (Å²) in [6, 6.07) is 0. The lowest BCUT2D eigenvalue weighted by atomic mass is 9.91. The molecule has 0 amide bonds. The molecule has 2 N–H and O–H groups in total. The topological polar surface area (TPSA) is 56.0 Å². The molecule has 0 aliphatic heterocycles. The molecule has 0 fully saturated rings. The van der Waals surface area contributed by atoms with Gasteiger partial charge in [0.05, 0.1) is 0 Å². The monoisotopic (exact) mass is 196 g/mol. The van der Waals surface area contributed by atoms with Crippen LogP contribution in [0.4, 0.5) is 5.82 Å². The van der Waals surface area contributed by atoms with E-state index < -0.39 is 0 Å². The summed E-state index contributed by atoms with van der Waals surface area (Å²) in [5, 5.41) is 0. The highest BCUT2D eigenvalue weighted by atomic mass is 32.1. The van der Waals surface area contributed by atoms with Crippen LogP contribution in [-0.4, -0.2) is 4.98 Å². The molecule has 1 heterocycles. The lowest BCUT2D eigenvalue weighted by Gasteiger charge is -2.14. The summed E-state index contributed by atoms with van der Waals surface area (Å²) in [6.45, 7) is 4.37. The minimum atomic E-state index is -0.172. The predicted octanol–water partition coefficient (Wildman–Crippen LogP) is 1.21. The van der Waals surface area contributed by atoms with Crippen molar-refractivity contribution in [2.45, 2.75) is 26.7 Å². The fourth-order valence-electron chi connectivity index (χ4n) is 1.81. The van der Waals surface area contributed by atoms with Crippen molar-refractivity contribution in [2.75, 3.05) is 5.73 Å². The molecule has 0 saturated carbocycles. The standard InChI is InChI=1S/C9H12N2OS/c1-9(2)3-5-6(4-9)13-8(12)11-7(5)10/h3-4H2,1-2H3,(H2,10,11,12). The summed E-state index contributed by atoms with van der Waals surface area (Å²) in [6.07, 6.45) is 1.90. The number of fused-ring (bicyclic) bond motifs is 1. The minimum Gasteiger partial charge on any atom is -0.383 e. The van der Waals surface area contributed by atoms with Crippen molar-refractivity contribution in [1.29, 1.82) is 0 Å². The summed E-state index contributed by atoms with van der Waals surface area (Å²) in [7, 11) is 0. The van der Waals surface area contributed by atoms with E-state index in [-0.39, 0.29) is 10.3 Å². The van der Waals surface area contributed by atoms with Crippen molar-refractivity contribution in [1.82, 2.24) is 4.98 Å². The summed E-state index contributed by atoms with van der Waals surface area (Å²) in [5.41, 5.74) is 7.02. The molecular weight excluding hydrogens is 184 g/mol. The van der Waals surface area contributed by atoms with E-state index in [0.29, 0.717) is 5.82 Å². The van der Waals surface area contributed by atoms with Gasteiger partial charge in [-0.1, -0.05) is 25.2 Å². The van der Waals surface area contributed by atoms with E-state index in [1.165, 1.54) is 11.3 Å². The Morgan fingerprint density at radius 2 is 2.15 bits per heavy atom. The molecule has 1 aromatic heterocycles. The summed E-state index contributed by atoms with van der Waals surface area (Å²) in [4.78, 5) is 15.8. The van der Waals surface area contributed by atoms with Gasteiger partial charge in [-0.3, -0.25) is 4.79 Å². The van der Waals surface area contributed by atoms with Crippen LogP contribution in [-0.2, 0) is 12.8 Å². The number of nitrogens with two attached hydrogens (primary N) is 1. The van der Waals surface area contributed by atoms with Crippen molar-refractivity contribution in [2.24, 2.45) is 5.41 Å². The Bertz CT molecular complexity index is 409. The smallest absolute Gasteiger partial charge is 0.328 e. The molecule has 70 valence electrons. The number of rotatable bonds is 0. The van der Waals surface area contributed by atoms with Crippen molar-refractivity contribution < 1.29 is 0 Å². The van der Waals surface area contributed by atoms with Crippen molar-refractivity contribution >= 4 is 17.2 Å². The number of hydrogen-bond acceptors (Lipinski definition) is 4. The number of aromatic nitrogens is 1. The molecule has 0 radical (unpaired) electrons. The Hall–Kier alpha value is -0.900. The molecule has 2 rings (SSSR count). The molecular formula is C9H12N2OS. The number of nitrogen functional groups attached to an aromatic ring is 1. The van der Waals surface area contributed by atoms with Crippen LogP contribution in [0.15, 0.2) is 4.79 Å². The van der Waals surface area contributed by atoms with Gasteiger partial charge in [0, 0.05) is 10.4 Å². The zero-order chi connectivity index (χ0) is 9.64. The minimum absolute atomic E-state index is 0.172. The fourth-order valence-corrected chi connectivity index (χ4v) is 2.92. The molecule has 1 aromatic rings. The number of anilines is 1. The van der Waals surface area contributed by atoms with E-state index in [4.69, 9.17) is 5.73 Å². The molecule has 0 saturated heterocycles. The van der Waals surface area contributed by atoms with Gasteiger partial charge in [-0.2, -0.15) is 4.98 Å². The van der Waals surface area contributed by atoms with Crippen molar-refractivity contribution in [3.8, 4) is 0 Å². The molecule has 13 heavy (non-hydrogen) atoms. The normalized spacial score (nSPS) is 18.6. The Morgan fingerprint density at radius 1 is 1.46 bits per heavy atom. The second-order valence-electron chi connectivity index (χ2n) is 4.28. The second kappa shape index (κ2) is 2.54. The van der Waals surface area contributed by atoms with E-state index in [1.807, 2.05) is 0 Å². The fraction of sp³-hybridized carbons (Fsp3) is 0.556. The van der Waals surface area contributed by atoms with Crippen LogP contribution in [0.2, 0.25) is 0 Å². The maximum Gasteiger partial charge on any atom is 0.328 e. The van der Waals surface area contributed by atoms with Crippen LogP contribution in [0.1, 0.15) is 24.3 Å². The van der Waals surface area contributed by atoms with Gasteiger partial charge in [0.25, 0.3) is 0 Å². The Morgan fingerprint density at radius 3 is 2.85 bits per heavy atom. The predicted molar refractivity (Wildman–Crippen MR) is 54.0 cm³/mol. The Balaban J connectivity index is 2.58. The molecule has 0 aromatic carbocycles. The molecule has 1 aliphatic carbocycles. The van der Waals surface area contributed by atoms with Gasteiger partial charge in [-0.05, 0) is 18.3 Å². The highest BCUT2D eigenvalue weighted by Crippen LogP contribution is 2.38. The number of hydrogen-bond donors (Lipinski definition) is 1. The Labute approximate surface area is 80.6 Å². The third-order valence-corrected chi connectivity index (χ3v) is 3.27. The first-order valence-electron chi connectivity index (χ1n) is 4.26. The zero-order valence-corrected chi connectivity index (χ0v) is 8.57. The quantitative estimate of drug-likeness (QED) is 0.678. The molecule has 0 spiro atoms. The van der Waals surface area contributed by atoms with Gasteiger partial charge >= 0.3 is 4.87 Å². The first-order chi connectivity index (χ1) is 5.98. The van der Waals surface area contributed by atoms with Crippen LogP contribution >= 0.6 is 11.3 Å². The summed E-state index contributed by atoms with van der Waals surface area (Å²) >= 11 is 1.24. The highest BCUT2D eigenvalue weighted by Gasteiger charge is 2.31. The molecule has 3 nitrogen and oxygen atoms in total. The van der Waals surface area contributed by atoms with Crippen LogP contribution in [0.5, 0.6) is 0 Å². The third kappa shape index (κ3) is 1.46. The Kier molecular flexibility index (Phi) is 1.70. The van der Waals surface area contributed by atoms with Crippen molar-refractivity contribution in [3.63, 3.8) is 0 Å². The number of nitrogens with zero attached hydrogens (tertiary/aromatic N) is 1. The third-order valence-electron chi connectivity index (χ3n) is 2.36. The maximum absolute atomic E-state index is 11.1. The largest absolute Gasteiger partial charge is 0.383 e. The molecule has 0 atom stereocenters. The van der Waals surface area contributed by atoms with Gasteiger partial charge in [-0.15, -0.1) is 0 Å². The van der Waals surface area contributed by atoms with Crippen LogP contribution in [0.25, 0.3) is 0 Å². The average Bonchev–Trinajstić information content (AvgIpc) is 2.23. The first kappa shape index (κ1) is 8.69. The van der Waals surface area contributed by atoms with Gasteiger partial charge in [0.1, 0.15) is 5.82 Å². The molecule has 1 aliphatic rings.